The normalized spacial score (nSPS) is 15.5. The Hall–Kier alpha value is -1.59. The number of benzene rings is 1. The summed E-state index contributed by atoms with van der Waals surface area (Å²) in [6.07, 6.45) is 1.56. The number of rotatable bonds is 5. The first-order valence-corrected chi connectivity index (χ1v) is 6.99. The zero-order valence-electron chi connectivity index (χ0n) is 12.2. The molecule has 1 saturated heterocycles. The van der Waals surface area contributed by atoms with Crippen LogP contribution in [0.3, 0.4) is 0 Å². The number of nitrogens with zero attached hydrogens (tertiary/aromatic N) is 1. The number of nitrogens with one attached hydrogen (secondary N) is 1. The standard InChI is InChI=1S/C15H21N3O2.ClH/c1-11(9-16)15(20)17-10-12-4-6-13(7-5-12)18-8-2-3-14(18)19;/h4-7,11H,2-3,8-10,16H2,1H3,(H,17,20);1H. The lowest BCUT2D eigenvalue weighted by atomic mass is 10.1. The van der Waals surface area contributed by atoms with Gasteiger partial charge in [-0.3, -0.25) is 9.59 Å². The fourth-order valence-electron chi connectivity index (χ4n) is 2.19. The fraction of sp³-hybridized carbons (Fsp3) is 0.467. The van der Waals surface area contributed by atoms with E-state index in [1.54, 1.807) is 11.8 Å². The molecule has 1 aliphatic rings. The maximum absolute atomic E-state index is 11.6. The fourth-order valence-corrected chi connectivity index (χ4v) is 2.19. The van der Waals surface area contributed by atoms with Crippen LogP contribution in [-0.4, -0.2) is 24.9 Å². The van der Waals surface area contributed by atoms with E-state index < -0.39 is 0 Å². The van der Waals surface area contributed by atoms with Crippen LogP contribution in [0.25, 0.3) is 0 Å². The molecule has 1 unspecified atom stereocenters. The van der Waals surface area contributed by atoms with Crippen LogP contribution in [-0.2, 0) is 16.1 Å². The highest BCUT2D eigenvalue weighted by Crippen LogP contribution is 2.21. The van der Waals surface area contributed by atoms with E-state index in [2.05, 4.69) is 5.32 Å². The SMILES string of the molecule is CC(CN)C(=O)NCc1ccc(N2CCCC2=O)cc1.Cl. The lowest BCUT2D eigenvalue weighted by Gasteiger charge is -2.16. The molecule has 21 heavy (non-hydrogen) atoms. The van der Waals surface area contributed by atoms with Gasteiger partial charge in [-0.25, -0.2) is 0 Å². The second kappa shape index (κ2) is 8.00. The molecule has 1 aliphatic heterocycles. The Bertz CT molecular complexity index is 490. The van der Waals surface area contributed by atoms with Crippen molar-refractivity contribution in [3.63, 3.8) is 0 Å². The Labute approximate surface area is 131 Å². The van der Waals surface area contributed by atoms with Crippen LogP contribution in [0.2, 0.25) is 0 Å². The van der Waals surface area contributed by atoms with E-state index >= 15 is 0 Å². The van der Waals surface area contributed by atoms with Crippen LogP contribution in [0.5, 0.6) is 0 Å². The predicted molar refractivity (Wildman–Crippen MR) is 85.3 cm³/mol. The zero-order valence-corrected chi connectivity index (χ0v) is 13.0. The smallest absolute Gasteiger partial charge is 0.227 e. The number of hydrogen-bond donors (Lipinski definition) is 2. The maximum atomic E-state index is 11.6. The molecule has 1 atom stereocenters. The number of anilines is 1. The lowest BCUT2D eigenvalue weighted by Crippen LogP contribution is -2.32. The summed E-state index contributed by atoms with van der Waals surface area (Å²) < 4.78 is 0. The van der Waals surface area contributed by atoms with Crippen molar-refractivity contribution in [1.82, 2.24) is 5.32 Å². The van der Waals surface area contributed by atoms with Gasteiger partial charge in [-0.05, 0) is 24.1 Å². The summed E-state index contributed by atoms with van der Waals surface area (Å²) in [5, 5.41) is 2.85. The van der Waals surface area contributed by atoms with Crippen LogP contribution in [0.1, 0.15) is 25.3 Å². The van der Waals surface area contributed by atoms with Crippen LogP contribution in [0.15, 0.2) is 24.3 Å². The molecule has 0 radical (unpaired) electrons. The first-order chi connectivity index (χ1) is 9.61. The molecule has 3 N–H and O–H groups in total. The van der Waals surface area contributed by atoms with Crippen molar-refractivity contribution >= 4 is 29.9 Å². The highest BCUT2D eigenvalue weighted by molar-refractivity contribution is 5.95. The molecule has 116 valence electrons. The second-order valence-corrected chi connectivity index (χ2v) is 5.17. The minimum absolute atomic E-state index is 0. The Morgan fingerprint density at radius 1 is 1.38 bits per heavy atom. The lowest BCUT2D eigenvalue weighted by molar-refractivity contribution is -0.124. The molecule has 0 aliphatic carbocycles. The van der Waals surface area contributed by atoms with Gasteiger partial charge < -0.3 is 16.0 Å². The van der Waals surface area contributed by atoms with Crippen molar-refractivity contribution < 1.29 is 9.59 Å². The minimum Gasteiger partial charge on any atom is -0.352 e. The van der Waals surface area contributed by atoms with Gasteiger partial charge in [-0.2, -0.15) is 0 Å². The van der Waals surface area contributed by atoms with E-state index in [1.165, 1.54) is 0 Å². The summed E-state index contributed by atoms with van der Waals surface area (Å²) in [5.41, 5.74) is 7.39. The summed E-state index contributed by atoms with van der Waals surface area (Å²) in [5.74, 6) is -0.0226. The Kier molecular flexibility index (Phi) is 6.65. The molecular weight excluding hydrogens is 290 g/mol. The molecule has 1 aromatic rings. The highest BCUT2D eigenvalue weighted by atomic mass is 35.5. The Morgan fingerprint density at radius 2 is 2.05 bits per heavy atom. The molecular formula is C15H22ClN3O2. The molecule has 2 rings (SSSR count). The van der Waals surface area contributed by atoms with E-state index in [9.17, 15) is 9.59 Å². The molecule has 2 amide bonds. The molecule has 5 nitrogen and oxygen atoms in total. The first-order valence-electron chi connectivity index (χ1n) is 6.99. The Morgan fingerprint density at radius 3 is 2.57 bits per heavy atom. The average Bonchev–Trinajstić information content (AvgIpc) is 2.90. The number of amides is 2. The van der Waals surface area contributed by atoms with Gasteiger partial charge in [-0.1, -0.05) is 19.1 Å². The summed E-state index contributed by atoms with van der Waals surface area (Å²) in [4.78, 5) is 25.1. The average molecular weight is 312 g/mol. The van der Waals surface area contributed by atoms with Crippen molar-refractivity contribution in [2.45, 2.75) is 26.3 Å². The predicted octanol–water partition coefficient (Wildman–Crippen LogP) is 1.45. The number of halogens is 1. The Balaban J connectivity index is 0.00000220. The summed E-state index contributed by atoms with van der Waals surface area (Å²) in [7, 11) is 0. The van der Waals surface area contributed by atoms with Gasteiger partial charge in [0.1, 0.15) is 0 Å². The van der Waals surface area contributed by atoms with E-state index in [1.807, 2.05) is 24.3 Å². The second-order valence-electron chi connectivity index (χ2n) is 5.17. The van der Waals surface area contributed by atoms with E-state index in [0.29, 0.717) is 19.5 Å². The highest BCUT2D eigenvalue weighted by Gasteiger charge is 2.21. The van der Waals surface area contributed by atoms with Crippen LogP contribution in [0, 0.1) is 5.92 Å². The molecule has 0 bridgehead atoms. The van der Waals surface area contributed by atoms with Crippen molar-refractivity contribution in [1.29, 1.82) is 0 Å². The topological polar surface area (TPSA) is 75.4 Å². The zero-order chi connectivity index (χ0) is 14.5. The molecule has 1 aromatic carbocycles. The summed E-state index contributed by atoms with van der Waals surface area (Å²) in [6.45, 7) is 3.43. The minimum atomic E-state index is -0.170. The van der Waals surface area contributed by atoms with E-state index in [-0.39, 0.29) is 30.1 Å². The van der Waals surface area contributed by atoms with Crippen molar-refractivity contribution in [2.75, 3.05) is 18.0 Å². The van der Waals surface area contributed by atoms with Crippen molar-refractivity contribution in [2.24, 2.45) is 11.7 Å². The monoisotopic (exact) mass is 311 g/mol. The number of carbonyl (C=O) groups is 2. The number of hydrogen-bond acceptors (Lipinski definition) is 3. The van der Waals surface area contributed by atoms with E-state index in [4.69, 9.17) is 5.73 Å². The summed E-state index contributed by atoms with van der Waals surface area (Å²) >= 11 is 0. The van der Waals surface area contributed by atoms with Gasteiger partial charge in [0.15, 0.2) is 0 Å². The third-order valence-corrected chi connectivity index (χ3v) is 3.59. The van der Waals surface area contributed by atoms with Gasteiger partial charge in [0.05, 0.1) is 0 Å². The van der Waals surface area contributed by atoms with Gasteiger partial charge in [0, 0.05) is 37.7 Å². The van der Waals surface area contributed by atoms with E-state index in [0.717, 1.165) is 24.2 Å². The third-order valence-electron chi connectivity index (χ3n) is 3.59. The van der Waals surface area contributed by atoms with Crippen LogP contribution in [0.4, 0.5) is 5.69 Å². The largest absolute Gasteiger partial charge is 0.352 e. The van der Waals surface area contributed by atoms with Gasteiger partial charge in [-0.15, -0.1) is 12.4 Å². The van der Waals surface area contributed by atoms with Crippen LogP contribution >= 0.6 is 12.4 Å². The third kappa shape index (κ3) is 4.44. The number of carbonyl (C=O) groups excluding carboxylic acids is 2. The van der Waals surface area contributed by atoms with Gasteiger partial charge in [0.25, 0.3) is 0 Å². The van der Waals surface area contributed by atoms with Crippen molar-refractivity contribution in [3.05, 3.63) is 29.8 Å². The quantitative estimate of drug-likeness (QED) is 0.864. The molecule has 0 aromatic heterocycles. The first kappa shape index (κ1) is 17.5. The molecule has 6 heteroatoms. The van der Waals surface area contributed by atoms with Crippen molar-refractivity contribution in [3.8, 4) is 0 Å². The van der Waals surface area contributed by atoms with Crippen LogP contribution < -0.4 is 16.0 Å². The maximum Gasteiger partial charge on any atom is 0.227 e. The molecule has 0 spiro atoms. The van der Waals surface area contributed by atoms with Gasteiger partial charge in [0.2, 0.25) is 11.8 Å². The summed E-state index contributed by atoms with van der Waals surface area (Å²) in [6, 6.07) is 7.73. The van der Waals surface area contributed by atoms with Gasteiger partial charge >= 0.3 is 0 Å². The molecule has 1 fully saturated rings. The number of nitrogens with two attached hydrogens (primary N) is 1. The molecule has 1 heterocycles. The molecule has 0 saturated carbocycles.